The third-order valence-corrected chi connectivity index (χ3v) is 2.70. The molecule has 21 heavy (non-hydrogen) atoms. The number of hydrogen-bond donors (Lipinski definition) is 2. The van der Waals surface area contributed by atoms with Crippen LogP contribution in [0.3, 0.4) is 0 Å². The summed E-state index contributed by atoms with van der Waals surface area (Å²) in [6, 6.07) is 4.02. The second kappa shape index (κ2) is 5.86. The fourth-order valence-corrected chi connectivity index (χ4v) is 1.73. The number of benzene rings is 1. The van der Waals surface area contributed by atoms with Crippen molar-refractivity contribution in [2.24, 2.45) is 0 Å². The number of halogens is 3. The molecule has 0 atom stereocenters. The maximum Gasteiger partial charge on any atom is 0.418 e. The third-order valence-electron chi connectivity index (χ3n) is 2.70. The monoisotopic (exact) mass is 298 g/mol. The molecular weight excluding hydrogens is 285 g/mol. The van der Waals surface area contributed by atoms with Gasteiger partial charge >= 0.3 is 12.2 Å². The Kier molecular flexibility index (Phi) is 4.15. The number of rotatable bonds is 3. The summed E-state index contributed by atoms with van der Waals surface area (Å²) in [6.07, 6.45) is -1.54. The van der Waals surface area contributed by atoms with Crippen LogP contribution in [0.1, 0.15) is 12.5 Å². The Morgan fingerprint density at radius 1 is 1.29 bits per heavy atom. The van der Waals surface area contributed by atoms with Gasteiger partial charge in [0.25, 0.3) is 0 Å². The van der Waals surface area contributed by atoms with Crippen molar-refractivity contribution in [1.29, 1.82) is 0 Å². The molecule has 0 aliphatic rings. The number of nitrogens with one attached hydrogen (secondary N) is 2. The number of carbonyl (C=O) groups is 1. The first-order valence-corrected chi connectivity index (χ1v) is 6.17. The van der Waals surface area contributed by atoms with Crippen LogP contribution in [-0.2, 0) is 12.7 Å². The zero-order valence-corrected chi connectivity index (χ0v) is 11.1. The molecule has 112 valence electrons. The maximum atomic E-state index is 12.8. The number of amides is 2. The molecule has 5 nitrogen and oxygen atoms in total. The minimum atomic E-state index is -4.53. The topological polar surface area (TPSA) is 59.0 Å². The molecule has 8 heteroatoms. The maximum absolute atomic E-state index is 12.8. The molecule has 0 fully saturated rings. The van der Waals surface area contributed by atoms with Gasteiger partial charge in [0.1, 0.15) is 0 Å². The van der Waals surface area contributed by atoms with Crippen LogP contribution < -0.4 is 10.6 Å². The van der Waals surface area contributed by atoms with Crippen molar-refractivity contribution in [3.8, 4) is 0 Å². The highest BCUT2D eigenvalue weighted by Gasteiger charge is 2.33. The van der Waals surface area contributed by atoms with Gasteiger partial charge in [0.15, 0.2) is 0 Å². The molecule has 0 radical (unpaired) electrons. The number of anilines is 2. The molecule has 0 aliphatic heterocycles. The molecule has 0 aliphatic carbocycles. The Morgan fingerprint density at radius 3 is 2.62 bits per heavy atom. The highest BCUT2D eigenvalue weighted by molar-refractivity contribution is 6.00. The summed E-state index contributed by atoms with van der Waals surface area (Å²) in [6.45, 7) is 2.50. The predicted octanol–water partition coefficient (Wildman–Crippen LogP) is 3.57. The fourth-order valence-electron chi connectivity index (χ4n) is 1.73. The lowest BCUT2D eigenvalue weighted by atomic mass is 10.1. The van der Waals surface area contributed by atoms with E-state index in [0.717, 1.165) is 6.07 Å². The Labute approximate surface area is 118 Å². The predicted molar refractivity (Wildman–Crippen MR) is 72.0 cm³/mol. The van der Waals surface area contributed by atoms with Gasteiger partial charge in [0.2, 0.25) is 0 Å². The van der Waals surface area contributed by atoms with Crippen LogP contribution in [0.4, 0.5) is 29.3 Å². The highest BCUT2D eigenvalue weighted by Crippen LogP contribution is 2.34. The molecule has 1 heterocycles. The molecule has 1 aromatic heterocycles. The van der Waals surface area contributed by atoms with Gasteiger partial charge < -0.3 is 10.6 Å². The number of para-hydroxylation sites is 1. The normalized spacial score (nSPS) is 11.2. The fraction of sp³-hybridized carbons (Fsp3) is 0.231. The summed E-state index contributed by atoms with van der Waals surface area (Å²) in [5.74, 6) is 0. The summed E-state index contributed by atoms with van der Waals surface area (Å²) < 4.78 is 40.0. The second-order valence-electron chi connectivity index (χ2n) is 4.21. The molecule has 0 bridgehead atoms. The summed E-state index contributed by atoms with van der Waals surface area (Å²) in [7, 11) is 0. The van der Waals surface area contributed by atoms with Crippen LogP contribution in [0.2, 0.25) is 0 Å². The third kappa shape index (κ3) is 3.74. The minimum Gasteiger partial charge on any atom is -0.307 e. The van der Waals surface area contributed by atoms with Crippen LogP contribution in [0.5, 0.6) is 0 Å². The number of aryl methyl sites for hydroxylation is 1. The molecular formula is C13H13F3N4O. The molecule has 0 unspecified atom stereocenters. The average molecular weight is 298 g/mol. The highest BCUT2D eigenvalue weighted by atomic mass is 19.4. The molecule has 2 aromatic rings. The van der Waals surface area contributed by atoms with E-state index in [1.807, 2.05) is 6.92 Å². The van der Waals surface area contributed by atoms with Crippen LogP contribution in [0, 0.1) is 0 Å². The summed E-state index contributed by atoms with van der Waals surface area (Å²) in [4.78, 5) is 11.7. The minimum absolute atomic E-state index is 0.301. The van der Waals surface area contributed by atoms with Crippen molar-refractivity contribution in [3.05, 3.63) is 42.2 Å². The number of alkyl halides is 3. The molecule has 2 amide bonds. The van der Waals surface area contributed by atoms with E-state index in [4.69, 9.17) is 0 Å². The van der Waals surface area contributed by atoms with E-state index in [1.165, 1.54) is 24.4 Å². The first-order chi connectivity index (χ1) is 9.90. The van der Waals surface area contributed by atoms with Gasteiger partial charge in [-0.3, -0.25) is 4.68 Å². The zero-order valence-electron chi connectivity index (χ0n) is 11.1. The van der Waals surface area contributed by atoms with Crippen molar-refractivity contribution in [1.82, 2.24) is 9.78 Å². The van der Waals surface area contributed by atoms with Gasteiger partial charge in [-0.25, -0.2) is 4.79 Å². The van der Waals surface area contributed by atoms with E-state index in [9.17, 15) is 18.0 Å². The average Bonchev–Trinajstić information content (AvgIpc) is 2.85. The van der Waals surface area contributed by atoms with Gasteiger partial charge in [-0.2, -0.15) is 18.3 Å². The van der Waals surface area contributed by atoms with E-state index in [0.29, 0.717) is 12.2 Å². The van der Waals surface area contributed by atoms with Crippen LogP contribution in [0.15, 0.2) is 36.7 Å². The van der Waals surface area contributed by atoms with Crippen LogP contribution in [-0.4, -0.2) is 15.8 Å². The smallest absolute Gasteiger partial charge is 0.307 e. The van der Waals surface area contributed by atoms with Crippen molar-refractivity contribution >= 4 is 17.4 Å². The lowest BCUT2D eigenvalue weighted by molar-refractivity contribution is -0.136. The Morgan fingerprint density at radius 2 is 2.00 bits per heavy atom. The summed E-state index contributed by atoms with van der Waals surface area (Å²) >= 11 is 0. The van der Waals surface area contributed by atoms with Crippen LogP contribution in [0.25, 0.3) is 0 Å². The van der Waals surface area contributed by atoms with E-state index in [2.05, 4.69) is 15.7 Å². The molecule has 1 aromatic carbocycles. The molecule has 0 saturated carbocycles. The molecule has 2 rings (SSSR count). The molecule has 2 N–H and O–H groups in total. The molecule has 0 saturated heterocycles. The van der Waals surface area contributed by atoms with E-state index >= 15 is 0 Å². The van der Waals surface area contributed by atoms with Crippen molar-refractivity contribution < 1.29 is 18.0 Å². The zero-order chi connectivity index (χ0) is 15.5. The Bertz CT molecular complexity index is 636. The van der Waals surface area contributed by atoms with Gasteiger partial charge in [-0.1, -0.05) is 12.1 Å². The Balaban J connectivity index is 2.09. The standard InChI is InChI=1S/C13H13F3N4O/c1-2-20-8-9(7-17-20)18-12(21)19-11-6-4-3-5-10(11)13(14,15)16/h3-8H,2H2,1H3,(H2,18,19,21). The summed E-state index contributed by atoms with van der Waals surface area (Å²) in [5, 5.41) is 8.55. The van der Waals surface area contributed by atoms with Crippen molar-refractivity contribution in [2.45, 2.75) is 19.6 Å². The van der Waals surface area contributed by atoms with Crippen molar-refractivity contribution in [3.63, 3.8) is 0 Å². The largest absolute Gasteiger partial charge is 0.418 e. The lowest BCUT2D eigenvalue weighted by Crippen LogP contribution is -2.21. The number of carbonyl (C=O) groups excluding carboxylic acids is 1. The van der Waals surface area contributed by atoms with E-state index in [1.54, 1.807) is 10.9 Å². The van der Waals surface area contributed by atoms with Gasteiger partial charge in [0.05, 0.1) is 23.1 Å². The molecule has 0 spiro atoms. The number of nitrogens with zero attached hydrogens (tertiary/aromatic N) is 2. The van der Waals surface area contributed by atoms with Crippen LogP contribution >= 0.6 is 0 Å². The number of aromatic nitrogens is 2. The SMILES string of the molecule is CCn1cc(NC(=O)Nc2ccccc2C(F)(F)F)cn1. The van der Waals surface area contributed by atoms with Crippen molar-refractivity contribution in [2.75, 3.05) is 10.6 Å². The Hall–Kier alpha value is -2.51. The number of urea groups is 1. The first kappa shape index (κ1) is 14.9. The van der Waals surface area contributed by atoms with Gasteiger partial charge in [0, 0.05) is 12.7 Å². The van der Waals surface area contributed by atoms with Gasteiger partial charge in [-0.15, -0.1) is 0 Å². The van der Waals surface area contributed by atoms with E-state index < -0.39 is 17.8 Å². The summed E-state index contributed by atoms with van der Waals surface area (Å²) in [5.41, 5.74) is -0.798. The lowest BCUT2D eigenvalue weighted by Gasteiger charge is -2.13. The first-order valence-electron chi connectivity index (χ1n) is 6.17. The second-order valence-corrected chi connectivity index (χ2v) is 4.21. The number of hydrogen-bond acceptors (Lipinski definition) is 2. The quantitative estimate of drug-likeness (QED) is 0.910. The van der Waals surface area contributed by atoms with Gasteiger partial charge in [-0.05, 0) is 19.1 Å². The van der Waals surface area contributed by atoms with E-state index in [-0.39, 0.29) is 5.69 Å².